The number of alkyl halides is 3. The van der Waals surface area contributed by atoms with E-state index in [4.69, 9.17) is 16.3 Å². The number of nitrogens with zero attached hydrogens (tertiary/aromatic N) is 3. The summed E-state index contributed by atoms with van der Waals surface area (Å²) in [4.78, 5) is 37.6. The minimum absolute atomic E-state index is 0.0266. The Morgan fingerprint density at radius 3 is 2.53 bits per heavy atom. The van der Waals surface area contributed by atoms with Gasteiger partial charge in [-0.15, -0.1) is 0 Å². The van der Waals surface area contributed by atoms with Gasteiger partial charge >= 0.3 is 6.18 Å². The van der Waals surface area contributed by atoms with Crippen molar-refractivity contribution in [2.75, 3.05) is 18.5 Å². The van der Waals surface area contributed by atoms with E-state index >= 15 is 0 Å². The van der Waals surface area contributed by atoms with E-state index in [0.29, 0.717) is 30.0 Å². The van der Waals surface area contributed by atoms with Crippen molar-refractivity contribution >= 4 is 34.7 Å². The topological polar surface area (TPSA) is 106 Å². The molecule has 0 saturated carbocycles. The number of hydrogen-bond acceptors (Lipinski definition) is 7. The predicted octanol–water partition coefficient (Wildman–Crippen LogP) is 4.58. The molecule has 0 bridgehead atoms. The van der Waals surface area contributed by atoms with Gasteiger partial charge < -0.3 is 15.4 Å². The molecule has 1 fully saturated rings. The van der Waals surface area contributed by atoms with E-state index in [9.17, 15) is 22.8 Å². The van der Waals surface area contributed by atoms with Gasteiger partial charge in [0, 0.05) is 30.4 Å². The SMILES string of the molecule is O=C(C[C@@]1(C(=O)NCc2ccc(Nc3ccc(Cl)cc3C(F)(F)F)cn2)CCOC1)c1cncnc1. The van der Waals surface area contributed by atoms with E-state index in [2.05, 4.69) is 25.6 Å². The quantitative estimate of drug-likeness (QED) is 0.419. The summed E-state index contributed by atoms with van der Waals surface area (Å²) in [6.45, 7) is 0.532. The zero-order valence-electron chi connectivity index (χ0n) is 18.8. The predicted molar refractivity (Wildman–Crippen MR) is 125 cm³/mol. The highest BCUT2D eigenvalue weighted by Gasteiger charge is 2.44. The number of ether oxygens (including phenoxy) is 1. The molecule has 3 aromatic rings. The summed E-state index contributed by atoms with van der Waals surface area (Å²) in [6, 6.07) is 6.58. The van der Waals surface area contributed by atoms with Gasteiger partial charge in [0.25, 0.3) is 0 Å². The minimum Gasteiger partial charge on any atom is -0.380 e. The van der Waals surface area contributed by atoms with Crippen LogP contribution in [0.4, 0.5) is 24.5 Å². The molecular weight excluding hydrogens is 499 g/mol. The number of pyridine rings is 1. The van der Waals surface area contributed by atoms with E-state index in [0.717, 1.165) is 6.07 Å². The van der Waals surface area contributed by atoms with Crippen molar-refractivity contribution in [3.8, 4) is 0 Å². The number of amides is 1. The maximum Gasteiger partial charge on any atom is 0.418 e. The molecule has 2 aromatic heterocycles. The van der Waals surface area contributed by atoms with Gasteiger partial charge in [0.1, 0.15) is 6.33 Å². The monoisotopic (exact) mass is 519 g/mol. The Balaban J connectivity index is 1.39. The summed E-state index contributed by atoms with van der Waals surface area (Å²) in [6.07, 6.45) is 1.23. The second-order valence-corrected chi connectivity index (χ2v) is 8.78. The van der Waals surface area contributed by atoms with Crippen LogP contribution in [0, 0.1) is 5.41 Å². The van der Waals surface area contributed by atoms with Gasteiger partial charge in [-0.25, -0.2) is 9.97 Å². The molecule has 1 atom stereocenters. The zero-order valence-corrected chi connectivity index (χ0v) is 19.6. The summed E-state index contributed by atoms with van der Waals surface area (Å²) >= 11 is 5.72. The maximum absolute atomic E-state index is 13.3. The van der Waals surface area contributed by atoms with Crippen LogP contribution in [0.3, 0.4) is 0 Å². The van der Waals surface area contributed by atoms with Crippen molar-refractivity contribution in [1.29, 1.82) is 0 Å². The van der Waals surface area contributed by atoms with Gasteiger partial charge in [0.2, 0.25) is 5.91 Å². The Morgan fingerprint density at radius 2 is 1.89 bits per heavy atom. The molecule has 1 aliphatic rings. The number of nitrogens with one attached hydrogen (secondary N) is 2. The van der Waals surface area contributed by atoms with E-state index in [1.165, 1.54) is 37.1 Å². The third-order valence-electron chi connectivity index (χ3n) is 5.79. The second kappa shape index (κ2) is 10.6. The van der Waals surface area contributed by atoms with Gasteiger partial charge in [-0.1, -0.05) is 11.6 Å². The van der Waals surface area contributed by atoms with Crippen LogP contribution in [0.5, 0.6) is 0 Å². The lowest BCUT2D eigenvalue weighted by Crippen LogP contribution is -2.42. The van der Waals surface area contributed by atoms with E-state index in [-0.39, 0.29) is 42.0 Å². The average Bonchev–Trinajstić information content (AvgIpc) is 3.34. The molecule has 1 aromatic carbocycles. The third-order valence-corrected chi connectivity index (χ3v) is 6.02. The van der Waals surface area contributed by atoms with Crippen LogP contribution in [-0.2, 0) is 22.3 Å². The number of anilines is 2. The largest absolute Gasteiger partial charge is 0.418 e. The Morgan fingerprint density at radius 1 is 1.11 bits per heavy atom. The molecule has 1 saturated heterocycles. The van der Waals surface area contributed by atoms with Crippen LogP contribution in [0.15, 0.2) is 55.2 Å². The maximum atomic E-state index is 13.3. The van der Waals surface area contributed by atoms with Crippen LogP contribution in [0.1, 0.15) is 34.5 Å². The number of halogens is 4. The zero-order chi connectivity index (χ0) is 25.8. The first kappa shape index (κ1) is 25.5. The molecular formula is C24H21ClF3N5O3. The third kappa shape index (κ3) is 5.97. The van der Waals surface area contributed by atoms with Crippen molar-refractivity contribution < 1.29 is 27.5 Å². The number of carbonyl (C=O) groups is 2. The normalized spacial score (nSPS) is 17.6. The molecule has 0 radical (unpaired) electrons. The number of carbonyl (C=O) groups excluding carboxylic acids is 2. The highest BCUT2D eigenvalue weighted by molar-refractivity contribution is 6.30. The molecule has 12 heteroatoms. The molecule has 8 nitrogen and oxygen atoms in total. The molecule has 0 spiro atoms. The molecule has 2 N–H and O–H groups in total. The van der Waals surface area contributed by atoms with Crippen molar-refractivity contribution in [2.45, 2.75) is 25.6 Å². The Hall–Kier alpha value is -3.57. The van der Waals surface area contributed by atoms with E-state index in [1.807, 2.05) is 0 Å². The van der Waals surface area contributed by atoms with Gasteiger partial charge in [0.05, 0.1) is 53.0 Å². The van der Waals surface area contributed by atoms with Crippen molar-refractivity contribution in [3.63, 3.8) is 0 Å². The van der Waals surface area contributed by atoms with Crippen LogP contribution >= 0.6 is 11.6 Å². The molecule has 0 unspecified atom stereocenters. The second-order valence-electron chi connectivity index (χ2n) is 8.34. The summed E-state index contributed by atoms with van der Waals surface area (Å²) in [5, 5.41) is 5.46. The Bertz CT molecular complexity index is 1230. The van der Waals surface area contributed by atoms with Crippen LogP contribution in [-0.4, -0.2) is 39.9 Å². The number of ketones is 1. The first-order valence-corrected chi connectivity index (χ1v) is 11.3. The Labute approximate surface area is 209 Å². The number of hydrogen-bond donors (Lipinski definition) is 2. The summed E-state index contributed by atoms with van der Waals surface area (Å²) < 4.78 is 45.4. The van der Waals surface area contributed by atoms with E-state index in [1.54, 1.807) is 12.1 Å². The van der Waals surface area contributed by atoms with Gasteiger partial charge in [-0.05, 0) is 36.8 Å². The fourth-order valence-corrected chi connectivity index (χ4v) is 4.01. The number of aromatic nitrogens is 3. The van der Waals surface area contributed by atoms with Gasteiger partial charge in [-0.2, -0.15) is 13.2 Å². The molecule has 1 amide bonds. The summed E-state index contributed by atoms with van der Waals surface area (Å²) in [5.74, 6) is -0.601. The number of rotatable bonds is 8. The smallest absolute Gasteiger partial charge is 0.380 e. The minimum atomic E-state index is -4.58. The lowest BCUT2D eigenvalue weighted by atomic mass is 9.80. The molecule has 4 rings (SSSR count). The van der Waals surface area contributed by atoms with Crippen molar-refractivity contribution in [3.05, 3.63) is 77.1 Å². The van der Waals surface area contributed by atoms with Crippen molar-refractivity contribution in [2.24, 2.45) is 5.41 Å². The first-order valence-electron chi connectivity index (χ1n) is 10.9. The standard InChI is InChI=1S/C24H21ClF3N5O3/c25-16-1-4-20(19(7-16)24(26,27)28)33-18-3-2-17(31-12-18)11-32-22(35)23(5-6-36-13-23)8-21(34)15-9-29-14-30-10-15/h1-4,7,9-10,12,14,33H,5-6,8,11,13H2,(H,32,35)/t23-/m0/s1. The van der Waals surface area contributed by atoms with Gasteiger partial charge in [0.15, 0.2) is 5.78 Å². The van der Waals surface area contributed by atoms with Crippen LogP contribution in [0.2, 0.25) is 5.02 Å². The fraction of sp³-hybridized carbons (Fsp3) is 0.292. The molecule has 1 aliphatic heterocycles. The Kier molecular flexibility index (Phi) is 7.51. The molecule has 0 aliphatic carbocycles. The molecule has 36 heavy (non-hydrogen) atoms. The first-order chi connectivity index (χ1) is 17.2. The van der Waals surface area contributed by atoms with Crippen LogP contribution < -0.4 is 10.6 Å². The van der Waals surface area contributed by atoms with Gasteiger partial charge in [-0.3, -0.25) is 14.6 Å². The fourth-order valence-electron chi connectivity index (χ4n) is 3.84. The van der Waals surface area contributed by atoms with Crippen molar-refractivity contribution in [1.82, 2.24) is 20.3 Å². The number of benzene rings is 1. The lowest BCUT2D eigenvalue weighted by Gasteiger charge is -2.25. The molecule has 3 heterocycles. The number of Topliss-reactive ketones (excluding diaryl/α,β-unsaturated/α-hetero) is 1. The average molecular weight is 520 g/mol. The summed E-state index contributed by atoms with van der Waals surface area (Å²) in [7, 11) is 0. The summed E-state index contributed by atoms with van der Waals surface area (Å²) in [5.41, 5.74) is -0.946. The van der Waals surface area contributed by atoms with Crippen LogP contribution in [0.25, 0.3) is 0 Å². The molecule has 188 valence electrons. The highest BCUT2D eigenvalue weighted by Crippen LogP contribution is 2.38. The highest BCUT2D eigenvalue weighted by atomic mass is 35.5. The lowest BCUT2D eigenvalue weighted by molar-refractivity contribution is -0.137. The van der Waals surface area contributed by atoms with E-state index < -0.39 is 17.2 Å².